The van der Waals surface area contributed by atoms with Gasteiger partial charge >= 0.3 is 0 Å². The summed E-state index contributed by atoms with van der Waals surface area (Å²) >= 11 is 0. The van der Waals surface area contributed by atoms with Gasteiger partial charge in [0.1, 0.15) is 5.78 Å². The first-order valence-electron chi connectivity index (χ1n) is 13.5. The van der Waals surface area contributed by atoms with E-state index in [0.717, 1.165) is 71.0 Å². The zero-order valence-electron chi connectivity index (χ0n) is 20.4. The highest BCUT2D eigenvalue weighted by Crippen LogP contribution is 2.57. The monoisotopic (exact) mass is 464 g/mol. The molecule has 2 aliphatic heterocycles. The van der Waals surface area contributed by atoms with Crippen LogP contribution in [-0.2, 0) is 23.7 Å². The van der Waals surface area contributed by atoms with Gasteiger partial charge in [0.05, 0.1) is 12.2 Å². The first-order chi connectivity index (χ1) is 16.1. The molecule has 4 fully saturated rings. The number of aliphatic hydroxyl groups excluding tert-OH is 1. The zero-order valence-corrected chi connectivity index (χ0v) is 20.4. The van der Waals surface area contributed by atoms with Crippen LogP contribution in [0.4, 0.5) is 0 Å². The molecule has 188 valence electrons. The highest BCUT2D eigenvalue weighted by atomic mass is 16.7. The quantitative estimate of drug-likeness (QED) is 0.345. The highest BCUT2D eigenvalue weighted by molar-refractivity contribution is 5.82. The summed E-state index contributed by atoms with van der Waals surface area (Å²) in [5.41, 5.74) is -0.351. The Hall–Kier alpha value is -0.790. The van der Waals surface area contributed by atoms with E-state index in [0.29, 0.717) is 12.8 Å². The zero-order chi connectivity index (χ0) is 23.1. The van der Waals surface area contributed by atoms with Crippen molar-refractivity contribution in [3.05, 3.63) is 12.2 Å². The summed E-state index contributed by atoms with van der Waals surface area (Å²) in [5, 5.41) is 10.3. The molecule has 2 heterocycles. The lowest BCUT2D eigenvalue weighted by Crippen LogP contribution is -2.31. The smallest absolute Gasteiger partial charge is 0.158 e. The second-order valence-corrected chi connectivity index (χ2v) is 10.7. The second-order valence-electron chi connectivity index (χ2n) is 10.7. The fourth-order valence-electron chi connectivity index (χ4n) is 6.34. The van der Waals surface area contributed by atoms with Gasteiger partial charge in [0.15, 0.2) is 12.6 Å². The van der Waals surface area contributed by atoms with Crippen molar-refractivity contribution in [2.75, 3.05) is 19.8 Å². The number of aliphatic hydroxyl groups is 1. The van der Waals surface area contributed by atoms with E-state index in [2.05, 4.69) is 19.1 Å². The van der Waals surface area contributed by atoms with Gasteiger partial charge in [-0.2, -0.15) is 0 Å². The maximum Gasteiger partial charge on any atom is 0.158 e. The lowest BCUT2D eigenvalue weighted by molar-refractivity contribution is -0.194. The molecule has 7 atom stereocenters. The van der Waals surface area contributed by atoms with Crippen LogP contribution in [0.5, 0.6) is 0 Å². The minimum atomic E-state index is -0.351. The van der Waals surface area contributed by atoms with Crippen LogP contribution < -0.4 is 0 Å². The number of hydrogen-bond acceptors (Lipinski definition) is 6. The third-order valence-corrected chi connectivity index (χ3v) is 8.17. The van der Waals surface area contributed by atoms with Crippen molar-refractivity contribution in [1.82, 2.24) is 0 Å². The standard InChI is InChI=1S/C27H44O6/c1-2-3-4-9-21(32-25-10-5-7-14-30-25)12-13-22-23-16-20(29)17-27(23,19-28)18-24(22)33-26-11-6-8-15-31-26/h12-13,21-26,28H,2-11,14-19H2,1H3/t21-,22+,23+,24+,25?,26?,27-/m0/s1. The van der Waals surface area contributed by atoms with E-state index in [4.69, 9.17) is 18.9 Å². The molecular formula is C27H44O6. The van der Waals surface area contributed by atoms with Gasteiger partial charge in [-0.25, -0.2) is 0 Å². The first-order valence-corrected chi connectivity index (χ1v) is 13.5. The van der Waals surface area contributed by atoms with E-state index < -0.39 is 0 Å². The summed E-state index contributed by atoms with van der Waals surface area (Å²) in [6, 6.07) is 0. The molecule has 0 amide bonds. The molecule has 0 radical (unpaired) electrons. The maximum absolute atomic E-state index is 12.4. The summed E-state index contributed by atoms with van der Waals surface area (Å²) in [6.45, 7) is 3.79. The van der Waals surface area contributed by atoms with Crippen LogP contribution in [0.3, 0.4) is 0 Å². The van der Waals surface area contributed by atoms with Crippen molar-refractivity contribution in [2.45, 2.75) is 115 Å². The van der Waals surface area contributed by atoms with E-state index in [1.807, 2.05) is 0 Å². The summed E-state index contributed by atoms with van der Waals surface area (Å²) in [5.74, 6) is 0.493. The SMILES string of the molecule is CCCCC[C@@H](C=C[C@@H]1[C@H]2CC(=O)C[C@@]2(CO)C[C@H]1OC1CCCCO1)OC1CCCCO1. The average molecular weight is 465 g/mol. The molecule has 33 heavy (non-hydrogen) atoms. The van der Waals surface area contributed by atoms with Gasteiger partial charge in [0.25, 0.3) is 0 Å². The number of fused-ring (bicyclic) bond motifs is 1. The van der Waals surface area contributed by atoms with Gasteiger partial charge in [-0.15, -0.1) is 0 Å². The number of carbonyl (C=O) groups is 1. The Morgan fingerprint density at radius 3 is 2.55 bits per heavy atom. The molecule has 4 aliphatic rings. The normalized spacial score (nSPS) is 38.1. The van der Waals surface area contributed by atoms with Crippen molar-refractivity contribution in [1.29, 1.82) is 0 Å². The molecule has 1 N–H and O–H groups in total. The lowest BCUT2D eigenvalue weighted by Gasteiger charge is -2.30. The molecule has 6 nitrogen and oxygen atoms in total. The number of ether oxygens (including phenoxy) is 4. The first kappa shape index (κ1) is 25.3. The van der Waals surface area contributed by atoms with Gasteiger partial charge in [-0.3, -0.25) is 4.79 Å². The van der Waals surface area contributed by atoms with E-state index in [-0.39, 0.29) is 54.4 Å². The molecule has 0 aromatic heterocycles. The summed E-state index contributed by atoms with van der Waals surface area (Å²) < 4.78 is 24.6. The molecular weight excluding hydrogens is 420 g/mol. The van der Waals surface area contributed by atoms with Crippen molar-refractivity contribution in [2.24, 2.45) is 17.3 Å². The Kier molecular flexibility index (Phi) is 9.40. The molecule has 2 saturated carbocycles. The van der Waals surface area contributed by atoms with Crippen molar-refractivity contribution >= 4 is 5.78 Å². The Balaban J connectivity index is 1.48. The van der Waals surface area contributed by atoms with Crippen LogP contribution in [0.2, 0.25) is 0 Å². The van der Waals surface area contributed by atoms with E-state index in [1.54, 1.807) is 0 Å². The predicted molar refractivity (Wildman–Crippen MR) is 126 cm³/mol. The topological polar surface area (TPSA) is 74.2 Å². The Morgan fingerprint density at radius 2 is 1.88 bits per heavy atom. The van der Waals surface area contributed by atoms with Gasteiger partial charge in [0, 0.05) is 44.0 Å². The molecule has 2 unspecified atom stereocenters. The molecule has 0 aromatic carbocycles. The molecule has 6 heteroatoms. The minimum Gasteiger partial charge on any atom is -0.396 e. The number of rotatable bonds is 11. The fourth-order valence-corrected chi connectivity index (χ4v) is 6.34. The Labute approximate surface area is 199 Å². The third-order valence-electron chi connectivity index (χ3n) is 8.17. The number of carbonyl (C=O) groups excluding carboxylic acids is 1. The van der Waals surface area contributed by atoms with E-state index >= 15 is 0 Å². The molecule has 0 bridgehead atoms. The van der Waals surface area contributed by atoms with Crippen LogP contribution in [0.1, 0.15) is 90.4 Å². The van der Waals surface area contributed by atoms with Crippen LogP contribution in [-0.4, -0.2) is 55.5 Å². The van der Waals surface area contributed by atoms with Crippen LogP contribution >= 0.6 is 0 Å². The van der Waals surface area contributed by atoms with E-state index in [9.17, 15) is 9.90 Å². The largest absolute Gasteiger partial charge is 0.396 e. The van der Waals surface area contributed by atoms with Crippen LogP contribution in [0.15, 0.2) is 12.2 Å². The van der Waals surface area contributed by atoms with Crippen molar-refractivity contribution in [3.8, 4) is 0 Å². The summed E-state index contributed by atoms with van der Waals surface area (Å²) in [4.78, 5) is 12.4. The number of ketones is 1. The van der Waals surface area contributed by atoms with Gasteiger partial charge in [0.2, 0.25) is 0 Å². The molecule has 0 spiro atoms. The van der Waals surface area contributed by atoms with Crippen LogP contribution in [0.25, 0.3) is 0 Å². The van der Waals surface area contributed by atoms with Crippen molar-refractivity contribution < 1.29 is 28.8 Å². The lowest BCUT2D eigenvalue weighted by atomic mass is 9.78. The predicted octanol–water partition coefficient (Wildman–Crippen LogP) is 4.92. The molecule has 2 saturated heterocycles. The second kappa shape index (κ2) is 12.3. The minimum absolute atomic E-state index is 0.00691. The van der Waals surface area contributed by atoms with Gasteiger partial charge in [-0.1, -0.05) is 38.3 Å². The summed E-state index contributed by atoms with van der Waals surface area (Å²) in [7, 11) is 0. The number of unbranched alkanes of at least 4 members (excludes halogenated alkanes) is 2. The van der Waals surface area contributed by atoms with Crippen molar-refractivity contribution in [3.63, 3.8) is 0 Å². The van der Waals surface area contributed by atoms with Crippen LogP contribution in [0, 0.1) is 17.3 Å². The summed E-state index contributed by atoms with van der Waals surface area (Å²) in [6.07, 6.45) is 16.7. The third kappa shape index (κ3) is 6.46. The average Bonchev–Trinajstić information content (AvgIpc) is 3.29. The van der Waals surface area contributed by atoms with Gasteiger partial charge in [-0.05, 0) is 57.3 Å². The molecule has 0 aromatic rings. The fraction of sp³-hybridized carbons (Fsp3) is 0.889. The van der Waals surface area contributed by atoms with E-state index in [1.165, 1.54) is 12.8 Å². The molecule has 2 aliphatic carbocycles. The maximum atomic E-state index is 12.4. The Morgan fingerprint density at radius 1 is 1.12 bits per heavy atom. The van der Waals surface area contributed by atoms with Gasteiger partial charge < -0.3 is 24.1 Å². The number of Topliss-reactive ketones (excluding diaryl/α,β-unsaturated/α-hetero) is 1. The molecule has 4 rings (SSSR count). The number of hydrogen-bond donors (Lipinski definition) is 1. The Bertz CT molecular complexity index is 639. The highest BCUT2D eigenvalue weighted by Gasteiger charge is 2.58.